The highest BCUT2D eigenvalue weighted by atomic mass is 79.9. The molecule has 0 unspecified atom stereocenters. The summed E-state index contributed by atoms with van der Waals surface area (Å²) in [5.74, 6) is 0.784. The molecule has 0 aliphatic heterocycles. The predicted molar refractivity (Wildman–Crippen MR) is 104 cm³/mol. The highest BCUT2D eigenvalue weighted by Crippen LogP contribution is 2.25. The number of carbonyl (C=O) groups excluding carboxylic acids is 1. The molecule has 0 radical (unpaired) electrons. The van der Waals surface area contributed by atoms with Gasteiger partial charge in [0.1, 0.15) is 17.8 Å². The second kappa shape index (κ2) is 7.98. The van der Waals surface area contributed by atoms with Crippen molar-refractivity contribution in [3.63, 3.8) is 0 Å². The Hall–Kier alpha value is -2.91. The number of pyridine rings is 1. The third-order valence-electron chi connectivity index (χ3n) is 3.24. The van der Waals surface area contributed by atoms with Crippen LogP contribution in [-0.4, -0.2) is 20.9 Å². The SMILES string of the molecule is Nc1c(NNC(=O)c2cccc(Cl)c2)ncnc1Nc1ccc(Br)cn1. The summed E-state index contributed by atoms with van der Waals surface area (Å²) in [7, 11) is 0. The fourth-order valence-corrected chi connectivity index (χ4v) is 2.41. The molecule has 3 aromatic rings. The minimum absolute atomic E-state index is 0.226. The van der Waals surface area contributed by atoms with Crippen LogP contribution in [0.5, 0.6) is 0 Å². The molecule has 8 nitrogen and oxygen atoms in total. The van der Waals surface area contributed by atoms with Gasteiger partial charge in [-0.05, 0) is 46.3 Å². The van der Waals surface area contributed by atoms with E-state index in [1.54, 1.807) is 36.5 Å². The zero-order valence-electron chi connectivity index (χ0n) is 13.2. The Morgan fingerprint density at radius 3 is 2.65 bits per heavy atom. The van der Waals surface area contributed by atoms with Crippen LogP contribution in [0.1, 0.15) is 10.4 Å². The molecule has 2 aromatic heterocycles. The highest BCUT2D eigenvalue weighted by Gasteiger charge is 2.11. The average Bonchev–Trinajstić information content (AvgIpc) is 2.64. The Labute approximate surface area is 162 Å². The second-order valence-electron chi connectivity index (χ2n) is 5.06. The molecule has 0 atom stereocenters. The molecular weight excluding hydrogens is 422 g/mol. The number of nitrogens with one attached hydrogen (secondary N) is 3. The van der Waals surface area contributed by atoms with E-state index in [0.717, 1.165) is 4.47 Å². The first kappa shape index (κ1) is 17.9. The van der Waals surface area contributed by atoms with Crippen LogP contribution in [-0.2, 0) is 0 Å². The van der Waals surface area contributed by atoms with Gasteiger partial charge in [0.05, 0.1) is 0 Å². The fraction of sp³-hybridized carbons (Fsp3) is 0. The summed E-state index contributed by atoms with van der Waals surface area (Å²) in [6.07, 6.45) is 2.95. The van der Waals surface area contributed by atoms with Crippen LogP contribution in [0.15, 0.2) is 53.4 Å². The Morgan fingerprint density at radius 2 is 1.92 bits per heavy atom. The lowest BCUT2D eigenvalue weighted by Crippen LogP contribution is -2.30. The summed E-state index contributed by atoms with van der Waals surface area (Å²) in [6.45, 7) is 0. The lowest BCUT2D eigenvalue weighted by atomic mass is 10.2. The molecule has 0 spiro atoms. The van der Waals surface area contributed by atoms with E-state index >= 15 is 0 Å². The molecule has 0 saturated carbocycles. The lowest BCUT2D eigenvalue weighted by molar-refractivity contribution is 0.0962. The van der Waals surface area contributed by atoms with Gasteiger partial charge in [-0.1, -0.05) is 17.7 Å². The number of halogens is 2. The minimum Gasteiger partial charge on any atom is -0.393 e. The third kappa shape index (κ3) is 4.38. The van der Waals surface area contributed by atoms with Crippen LogP contribution in [0.4, 0.5) is 23.1 Å². The Balaban J connectivity index is 1.70. The van der Waals surface area contributed by atoms with E-state index in [9.17, 15) is 4.79 Å². The number of carbonyl (C=O) groups is 1. The number of amides is 1. The molecular formula is C16H13BrClN7O. The zero-order chi connectivity index (χ0) is 18.5. The van der Waals surface area contributed by atoms with Gasteiger partial charge in [-0.25, -0.2) is 15.0 Å². The minimum atomic E-state index is -0.380. The highest BCUT2D eigenvalue weighted by molar-refractivity contribution is 9.10. The molecule has 132 valence electrons. The van der Waals surface area contributed by atoms with Crippen molar-refractivity contribution < 1.29 is 4.79 Å². The third-order valence-corrected chi connectivity index (χ3v) is 3.94. The van der Waals surface area contributed by atoms with Crippen LogP contribution in [0, 0.1) is 0 Å². The van der Waals surface area contributed by atoms with Crippen molar-refractivity contribution in [3.8, 4) is 0 Å². The maximum absolute atomic E-state index is 12.1. The van der Waals surface area contributed by atoms with Crippen molar-refractivity contribution in [2.45, 2.75) is 0 Å². The molecule has 0 aliphatic carbocycles. The summed E-state index contributed by atoms with van der Waals surface area (Å²) >= 11 is 9.20. The van der Waals surface area contributed by atoms with E-state index in [1.165, 1.54) is 6.33 Å². The largest absolute Gasteiger partial charge is 0.393 e. The molecule has 1 aromatic carbocycles. The fourth-order valence-electron chi connectivity index (χ4n) is 1.98. The Morgan fingerprint density at radius 1 is 1.12 bits per heavy atom. The molecule has 0 aliphatic rings. The number of rotatable bonds is 5. The number of nitrogen functional groups attached to an aromatic ring is 1. The monoisotopic (exact) mass is 433 g/mol. The topological polar surface area (TPSA) is 118 Å². The molecule has 1 amide bonds. The quantitative estimate of drug-likeness (QED) is 0.455. The number of nitrogens with zero attached hydrogens (tertiary/aromatic N) is 3. The van der Waals surface area contributed by atoms with Gasteiger partial charge < -0.3 is 11.1 Å². The van der Waals surface area contributed by atoms with Crippen molar-refractivity contribution in [3.05, 3.63) is 64.0 Å². The van der Waals surface area contributed by atoms with Gasteiger partial charge >= 0.3 is 0 Å². The molecule has 0 fully saturated rings. The lowest BCUT2D eigenvalue weighted by Gasteiger charge is -2.13. The van der Waals surface area contributed by atoms with Crippen LogP contribution in [0.25, 0.3) is 0 Å². The van der Waals surface area contributed by atoms with Crippen molar-refractivity contribution >= 4 is 56.6 Å². The standard InChI is InChI=1S/C16H13BrClN7O/c17-10-4-5-12(20-7-10)23-14-13(19)15(22-8-21-14)24-25-16(26)9-2-1-3-11(18)6-9/h1-8H,19H2,(H,25,26)(H2,20,21,22,23,24). The van der Waals surface area contributed by atoms with Crippen LogP contribution < -0.4 is 21.9 Å². The van der Waals surface area contributed by atoms with E-state index in [1.807, 2.05) is 6.07 Å². The van der Waals surface area contributed by atoms with Gasteiger partial charge in [0, 0.05) is 21.3 Å². The average molecular weight is 435 g/mol. The van der Waals surface area contributed by atoms with E-state index < -0.39 is 0 Å². The van der Waals surface area contributed by atoms with E-state index in [0.29, 0.717) is 22.2 Å². The predicted octanol–water partition coefficient (Wildman–Crippen LogP) is 3.37. The molecule has 0 saturated heterocycles. The molecule has 10 heteroatoms. The summed E-state index contributed by atoms with van der Waals surface area (Å²) in [5.41, 5.74) is 11.9. The maximum Gasteiger partial charge on any atom is 0.269 e. The number of anilines is 4. The van der Waals surface area contributed by atoms with Gasteiger partial charge in [0.2, 0.25) is 0 Å². The van der Waals surface area contributed by atoms with Crippen molar-refractivity contribution in [2.75, 3.05) is 16.5 Å². The number of aromatic nitrogens is 3. The number of benzene rings is 1. The number of hydrazine groups is 1. The molecule has 5 N–H and O–H groups in total. The first-order valence-corrected chi connectivity index (χ1v) is 8.51. The zero-order valence-corrected chi connectivity index (χ0v) is 15.5. The van der Waals surface area contributed by atoms with Crippen molar-refractivity contribution in [1.82, 2.24) is 20.4 Å². The molecule has 26 heavy (non-hydrogen) atoms. The Kier molecular flexibility index (Phi) is 5.49. The van der Waals surface area contributed by atoms with Gasteiger partial charge in [0.15, 0.2) is 11.6 Å². The van der Waals surface area contributed by atoms with E-state index in [4.69, 9.17) is 17.3 Å². The maximum atomic E-state index is 12.1. The van der Waals surface area contributed by atoms with Gasteiger partial charge in [-0.3, -0.25) is 15.6 Å². The summed E-state index contributed by atoms with van der Waals surface area (Å²) < 4.78 is 0.852. The van der Waals surface area contributed by atoms with E-state index in [2.05, 4.69) is 47.1 Å². The summed E-state index contributed by atoms with van der Waals surface area (Å²) in [5, 5.41) is 3.45. The van der Waals surface area contributed by atoms with Gasteiger partial charge in [0.25, 0.3) is 5.91 Å². The molecule has 3 rings (SSSR count). The van der Waals surface area contributed by atoms with Crippen molar-refractivity contribution in [2.24, 2.45) is 0 Å². The van der Waals surface area contributed by atoms with Crippen LogP contribution >= 0.6 is 27.5 Å². The van der Waals surface area contributed by atoms with Gasteiger partial charge in [-0.15, -0.1) is 0 Å². The van der Waals surface area contributed by atoms with E-state index in [-0.39, 0.29) is 17.4 Å². The second-order valence-corrected chi connectivity index (χ2v) is 6.41. The van der Waals surface area contributed by atoms with Crippen LogP contribution in [0.3, 0.4) is 0 Å². The number of hydrogen-bond acceptors (Lipinski definition) is 7. The van der Waals surface area contributed by atoms with Crippen molar-refractivity contribution in [1.29, 1.82) is 0 Å². The normalized spacial score (nSPS) is 10.2. The first-order valence-electron chi connectivity index (χ1n) is 7.34. The van der Waals surface area contributed by atoms with Gasteiger partial charge in [-0.2, -0.15) is 0 Å². The molecule has 2 heterocycles. The number of hydrogen-bond donors (Lipinski definition) is 4. The summed E-state index contributed by atoms with van der Waals surface area (Å²) in [4.78, 5) is 24.4. The molecule has 0 bridgehead atoms. The Bertz CT molecular complexity index is 936. The van der Waals surface area contributed by atoms with Crippen LogP contribution in [0.2, 0.25) is 5.02 Å². The first-order chi connectivity index (χ1) is 12.5. The smallest absolute Gasteiger partial charge is 0.269 e. The number of nitrogens with two attached hydrogens (primary N) is 1. The summed E-state index contributed by atoms with van der Waals surface area (Å²) in [6, 6.07) is 10.1.